The van der Waals surface area contributed by atoms with Crippen molar-refractivity contribution in [1.29, 1.82) is 0 Å². The Balaban J connectivity index is 2.91. The SMILES string of the molecule is COC(=O)c1cc([C@@H](O)CC(=O)O)oc1C. The third kappa shape index (κ3) is 2.60. The molecule has 0 aliphatic carbocycles. The summed E-state index contributed by atoms with van der Waals surface area (Å²) in [6.45, 7) is 1.53. The summed E-state index contributed by atoms with van der Waals surface area (Å²) in [5, 5.41) is 17.9. The number of aryl methyl sites for hydroxylation is 1. The summed E-state index contributed by atoms with van der Waals surface area (Å²) in [6.07, 6.45) is -1.75. The summed E-state index contributed by atoms with van der Waals surface area (Å²) in [4.78, 5) is 21.6. The van der Waals surface area contributed by atoms with E-state index in [4.69, 9.17) is 9.52 Å². The maximum atomic E-state index is 11.2. The third-order valence-electron chi connectivity index (χ3n) is 2.04. The zero-order valence-electron chi connectivity index (χ0n) is 8.89. The molecule has 0 spiro atoms. The van der Waals surface area contributed by atoms with Crippen molar-refractivity contribution in [1.82, 2.24) is 0 Å². The molecule has 0 radical (unpaired) electrons. The number of aliphatic hydroxyl groups is 1. The summed E-state index contributed by atoms with van der Waals surface area (Å²) in [5.74, 6) is -1.41. The number of rotatable bonds is 4. The molecule has 0 aliphatic rings. The lowest BCUT2D eigenvalue weighted by Crippen LogP contribution is -2.04. The number of carboxylic acids is 1. The molecule has 88 valence electrons. The number of carbonyl (C=O) groups excluding carboxylic acids is 1. The predicted molar refractivity (Wildman–Crippen MR) is 52.0 cm³/mol. The van der Waals surface area contributed by atoms with Crippen molar-refractivity contribution in [3.05, 3.63) is 23.2 Å². The van der Waals surface area contributed by atoms with Gasteiger partial charge in [0.25, 0.3) is 0 Å². The van der Waals surface area contributed by atoms with Gasteiger partial charge in [0.2, 0.25) is 0 Å². The van der Waals surface area contributed by atoms with Crippen LogP contribution < -0.4 is 0 Å². The molecule has 0 amide bonds. The van der Waals surface area contributed by atoms with Crippen LogP contribution in [0.5, 0.6) is 0 Å². The molecular weight excluding hydrogens is 216 g/mol. The highest BCUT2D eigenvalue weighted by molar-refractivity contribution is 5.90. The van der Waals surface area contributed by atoms with Gasteiger partial charge in [-0.15, -0.1) is 0 Å². The van der Waals surface area contributed by atoms with E-state index in [1.807, 2.05) is 0 Å². The van der Waals surface area contributed by atoms with Crippen LogP contribution in [0.3, 0.4) is 0 Å². The van der Waals surface area contributed by atoms with Crippen LogP contribution in [0.15, 0.2) is 10.5 Å². The van der Waals surface area contributed by atoms with Crippen LogP contribution in [-0.4, -0.2) is 29.3 Å². The largest absolute Gasteiger partial charge is 0.481 e. The number of aliphatic carboxylic acids is 1. The molecule has 0 fully saturated rings. The molecule has 0 saturated carbocycles. The lowest BCUT2D eigenvalue weighted by Gasteiger charge is -2.02. The Labute approximate surface area is 91.4 Å². The highest BCUT2D eigenvalue weighted by Gasteiger charge is 2.21. The number of methoxy groups -OCH3 is 1. The van der Waals surface area contributed by atoms with Gasteiger partial charge in [-0.2, -0.15) is 0 Å². The molecule has 0 aliphatic heterocycles. The van der Waals surface area contributed by atoms with Crippen molar-refractivity contribution < 1.29 is 29.0 Å². The fraction of sp³-hybridized carbons (Fsp3) is 0.400. The number of furan rings is 1. The van der Waals surface area contributed by atoms with E-state index in [1.165, 1.54) is 20.1 Å². The Morgan fingerprint density at radius 3 is 2.69 bits per heavy atom. The van der Waals surface area contributed by atoms with Gasteiger partial charge in [0.05, 0.1) is 13.5 Å². The van der Waals surface area contributed by atoms with Gasteiger partial charge in [-0.3, -0.25) is 4.79 Å². The van der Waals surface area contributed by atoms with E-state index in [1.54, 1.807) is 0 Å². The number of carbonyl (C=O) groups is 2. The Hall–Kier alpha value is -1.82. The molecule has 0 saturated heterocycles. The van der Waals surface area contributed by atoms with Crippen molar-refractivity contribution in [3.8, 4) is 0 Å². The molecule has 1 rings (SSSR count). The smallest absolute Gasteiger partial charge is 0.341 e. The maximum Gasteiger partial charge on any atom is 0.341 e. The second-order valence-corrected chi connectivity index (χ2v) is 3.22. The van der Waals surface area contributed by atoms with Gasteiger partial charge < -0.3 is 19.4 Å². The molecule has 6 heteroatoms. The average Bonchev–Trinajstić information content (AvgIpc) is 2.58. The molecule has 6 nitrogen and oxygen atoms in total. The molecule has 2 N–H and O–H groups in total. The predicted octanol–water partition coefficient (Wildman–Crippen LogP) is 0.883. The van der Waals surface area contributed by atoms with E-state index in [9.17, 15) is 14.7 Å². The summed E-state index contributed by atoms with van der Waals surface area (Å²) in [7, 11) is 1.22. The Morgan fingerprint density at radius 2 is 2.19 bits per heavy atom. The Kier molecular flexibility index (Phi) is 3.68. The quantitative estimate of drug-likeness (QED) is 0.742. The van der Waals surface area contributed by atoms with Crippen molar-refractivity contribution in [2.75, 3.05) is 7.11 Å². The minimum atomic E-state index is -1.27. The molecule has 0 aromatic carbocycles. The molecule has 0 bridgehead atoms. The van der Waals surface area contributed by atoms with Gasteiger partial charge in [-0.05, 0) is 13.0 Å². The van der Waals surface area contributed by atoms with E-state index in [2.05, 4.69) is 4.74 Å². The van der Waals surface area contributed by atoms with Gasteiger partial charge >= 0.3 is 11.9 Å². The maximum absolute atomic E-state index is 11.2. The highest BCUT2D eigenvalue weighted by atomic mass is 16.5. The van der Waals surface area contributed by atoms with E-state index < -0.39 is 24.5 Å². The van der Waals surface area contributed by atoms with Gasteiger partial charge in [0.15, 0.2) is 0 Å². The zero-order chi connectivity index (χ0) is 12.3. The second-order valence-electron chi connectivity index (χ2n) is 3.22. The summed E-state index contributed by atoms with van der Waals surface area (Å²) < 4.78 is 9.58. The molecular formula is C10H12O6. The molecule has 1 atom stereocenters. The van der Waals surface area contributed by atoms with Gasteiger partial charge in [-0.1, -0.05) is 0 Å². The average molecular weight is 228 g/mol. The zero-order valence-corrected chi connectivity index (χ0v) is 8.89. The first-order chi connectivity index (χ1) is 7.45. The van der Waals surface area contributed by atoms with E-state index in [-0.39, 0.29) is 17.1 Å². The van der Waals surface area contributed by atoms with Crippen LogP contribution >= 0.6 is 0 Å². The molecule has 0 unspecified atom stereocenters. The first kappa shape index (κ1) is 12.3. The first-order valence-corrected chi connectivity index (χ1v) is 4.54. The number of hydrogen-bond donors (Lipinski definition) is 2. The molecule has 16 heavy (non-hydrogen) atoms. The van der Waals surface area contributed by atoms with Crippen molar-refractivity contribution in [3.63, 3.8) is 0 Å². The van der Waals surface area contributed by atoms with Crippen LogP contribution in [0.1, 0.15) is 34.4 Å². The lowest BCUT2D eigenvalue weighted by atomic mass is 10.2. The number of hydrogen-bond acceptors (Lipinski definition) is 5. The number of esters is 1. The molecule has 1 aromatic heterocycles. The van der Waals surface area contributed by atoms with Crippen molar-refractivity contribution >= 4 is 11.9 Å². The summed E-state index contributed by atoms with van der Waals surface area (Å²) >= 11 is 0. The number of ether oxygens (including phenoxy) is 1. The molecule has 1 aromatic rings. The fourth-order valence-corrected chi connectivity index (χ4v) is 1.25. The minimum Gasteiger partial charge on any atom is -0.481 e. The first-order valence-electron chi connectivity index (χ1n) is 4.54. The van der Waals surface area contributed by atoms with Crippen molar-refractivity contribution in [2.45, 2.75) is 19.4 Å². The standard InChI is InChI=1S/C10H12O6/c1-5-6(10(14)15-2)3-8(16-5)7(11)4-9(12)13/h3,7,11H,4H2,1-2H3,(H,12,13)/t7-/m0/s1. The normalized spacial score (nSPS) is 12.2. The van der Waals surface area contributed by atoms with Crippen LogP contribution in [0.25, 0.3) is 0 Å². The van der Waals surface area contributed by atoms with Gasteiger partial charge in [-0.25, -0.2) is 4.79 Å². The lowest BCUT2D eigenvalue weighted by molar-refractivity contribution is -0.139. The summed E-state index contributed by atoms with van der Waals surface area (Å²) in [6, 6.07) is 1.29. The van der Waals surface area contributed by atoms with E-state index in [0.29, 0.717) is 0 Å². The monoisotopic (exact) mass is 228 g/mol. The van der Waals surface area contributed by atoms with Crippen LogP contribution in [0.4, 0.5) is 0 Å². The topological polar surface area (TPSA) is 97.0 Å². The number of carboxylic acid groups (broad SMARTS) is 1. The minimum absolute atomic E-state index is 0.0419. The highest BCUT2D eigenvalue weighted by Crippen LogP contribution is 2.23. The van der Waals surface area contributed by atoms with Crippen molar-refractivity contribution in [2.24, 2.45) is 0 Å². The number of aliphatic hydroxyl groups excluding tert-OH is 1. The fourth-order valence-electron chi connectivity index (χ4n) is 1.25. The van der Waals surface area contributed by atoms with Crippen LogP contribution in [0.2, 0.25) is 0 Å². The van der Waals surface area contributed by atoms with Crippen LogP contribution in [-0.2, 0) is 9.53 Å². The van der Waals surface area contributed by atoms with Gasteiger partial charge in [0, 0.05) is 0 Å². The Bertz CT molecular complexity index is 405. The van der Waals surface area contributed by atoms with Gasteiger partial charge in [0.1, 0.15) is 23.2 Å². The second kappa shape index (κ2) is 4.80. The van der Waals surface area contributed by atoms with Crippen LogP contribution in [0, 0.1) is 6.92 Å². The third-order valence-corrected chi connectivity index (χ3v) is 2.04. The van der Waals surface area contributed by atoms with E-state index >= 15 is 0 Å². The Morgan fingerprint density at radius 1 is 1.56 bits per heavy atom. The molecule has 1 heterocycles. The van der Waals surface area contributed by atoms with E-state index in [0.717, 1.165) is 0 Å². The summed E-state index contributed by atoms with van der Waals surface area (Å²) in [5.41, 5.74) is 0.182.